The van der Waals surface area contributed by atoms with Gasteiger partial charge in [-0.05, 0) is 37.1 Å². The van der Waals surface area contributed by atoms with E-state index in [2.05, 4.69) is 0 Å². The number of carbonyl (C=O) groups is 1. The van der Waals surface area contributed by atoms with Crippen LogP contribution in [-0.2, 0) is 6.42 Å². The zero-order valence-electron chi connectivity index (χ0n) is 10.8. The molecule has 0 heterocycles. The second-order valence-corrected chi connectivity index (χ2v) is 4.39. The van der Waals surface area contributed by atoms with Crippen molar-refractivity contribution in [1.82, 2.24) is 0 Å². The molecule has 1 nitrogen and oxygen atoms in total. The number of benzene rings is 2. The molecule has 98 valence electrons. The van der Waals surface area contributed by atoms with E-state index in [1.807, 2.05) is 0 Å². The molecule has 0 fully saturated rings. The van der Waals surface area contributed by atoms with Crippen LogP contribution in [0, 0.1) is 11.6 Å². The Hall–Kier alpha value is -2.03. The standard InChI is InChI=1S/C16H14F2O/c1-3-11-8-12(10(2)19)9-14(16(11)18)13-6-4-5-7-15(13)17/h4-9H,3H2,1-2H3. The van der Waals surface area contributed by atoms with Crippen molar-refractivity contribution in [1.29, 1.82) is 0 Å². The predicted octanol–water partition coefficient (Wildman–Crippen LogP) is 4.40. The van der Waals surface area contributed by atoms with Gasteiger partial charge in [-0.1, -0.05) is 25.1 Å². The van der Waals surface area contributed by atoms with Gasteiger partial charge < -0.3 is 0 Å². The van der Waals surface area contributed by atoms with Gasteiger partial charge in [0.25, 0.3) is 0 Å². The third-order valence-electron chi connectivity index (χ3n) is 3.10. The Morgan fingerprint density at radius 2 is 1.79 bits per heavy atom. The Labute approximate surface area is 110 Å². The lowest BCUT2D eigenvalue weighted by Crippen LogP contribution is -2.00. The molecule has 0 bridgehead atoms. The van der Waals surface area contributed by atoms with Crippen LogP contribution in [0.15, 0.2) is 36.4 Å². The zero-order chi connectivity index (χ0) is 14.0. The smallest absolute Gasteiger partial charge is 0.159 e. The first-order valence-corrected chi connectivity index (χ1v) is 6.12. The van der Waals surface area contributed by atoms with Crippen LogP contribution in [0.4, 0.5) is 8.78 Å². The van der Waals surface area contributed by atoms with Crippen LogP contribution in [-0.4, -0.2) is 5.78 Å². The van der Waals surface area contributed by atoms with E-state index >= 15 is 0 Å². The average molecular weight is 260 g/mol. The molecule has 0 saturated carbocycles. The van der Waals surface area contributed by atoms with Gasteiger partial charge in [-0.25, -0.2) is 8.78 Å². The summed E-state index contributed by atoms with van der Waals surface area (Å²) in [6.45, 7) is 3.21. The van der Waals surface area contributed by atoms with Crippen molar-refractivity contribution in [3.05, 3.63) is 59.2 Å². The van der Waals surface area contributed by atoms with Crippen LogP contribution in [0.25, 0.3) is 11.1 Å². The number of rotatable bonds is 3. The van der Waals surface area contributed by atoms with Crippen molar-refractivity contribution in [2.24, 2.45) is 0 Å². The summed E-state index contributed by atoms with van der Waals surface area (Å²) in [5.74, 6) is -1.12. The normalized spacial score (nSPS) is 10.5. The maximum Gasteiger partial charge on any atom is 0.159 e. The van der Waals surface area contributed by atoms with Gasteiger partial charge in [0.05, 0.1) is 0 Å². The van der Waals surface area contributed by atoms with E-state index in [0.717, 1.165) is 0 Å². The quantitative estimate of drug-likeness (QED) is 0.748. The van der Waals surface area contributed by atoms with E-state index in [0.29, 0.717) is 17.5 Å². The Morgan fingerprint density at radius 1 is 1.11 bits per heavy atom. The summed E-state index contributed by atoms with van der Waals surface area (Å²) in [5, 5.41) is 0. The predicted molar refractivity (Wildman–Crippen MR) is 71.2 cm³/mol. The average Bonchev–Trinajstić information content (AvgIpc) is 2.39. The Bertz CT molecular complexity index is 633. The van der Waals surface area contributed by atoms with Crippen molar-refractivity contribution in [2.45, 2.75) is 20.3 Å². The van der Waals surface area contributed by atoms with Gasteiger partial charge in [0.15, 0.2) is 5.78 Å². The number of hydrogen-bond donors (Lipinski definition) is 0. The third kappa shape index (κ3) is 2.55. The van der Waals surface area contributed by atoms with E-state index < -0.39 is 11.6 Å². The fourth-order valence-corrected chi connectivity index (χ4v) is 2.02. The molecular formula is C16H14F2O. The lowest BCUT2D eigenvalue weighted by Gasteiger charge is -2.10. The fourth-order valence-electron chi connectivity index (χ4n) is 2.02. The fraction of sp³-hybridized carbons (Fsp3) is 0.188. The van der Waals surface area contributed by atoms with Crippen molar-refractivity contribution < 1.29 is 13.6 Å². The Kier molecular flexibility index (Phi) is 3.74. The molecule has 0 amide bonds. The Balaban J connectivity index is 2.72. The Morgan fingerprint density at radius 3 is 2.37 bits per heavy atom. The topological polar surface area (TPSA) is 17.1 Å². The first kappa shape index (κ1) is 13.4. The summed E-state index contributed by atoms with van der Waals surface area (Å²) in [6, 6.07) is 8.92. The second kappa shape index (κ2) is 5.31. The second-order valence-electron chi connectivity index (χ2n) is 4.39. The number of halogens is 2. The molecule has 0 aliphatic rings. The van der Waals surface area contributed by atoms with E-state index in [1.165, 1.54) is 31.2 Å². The minimum absolute atomic E-state index is 0.141. The minimum atomic E-state index is -0.496. The SMILES string of the molecule is CCc1cc(C(C)=O)cc(-c2ccccc2F)c1F. The van der Waals surface area contributed by atoms with Gasteiger partial charge >= 0.3 is 0 Å². The summed E-state index contributed by atoms with van der Waals surface area (Å²) < 4.78 is 28.1. The van der Waals surface area contributed by atoms with Gasteiger partial charge in [-0.2, -0.15) is 0 Å². The summed E-state index contributed by atoms with van der Waals surface area (Å²) in [6.07, 6.45) is 0.453. The maximum absolute atomic E-state index is 14.3. The molecule has 0 aliphatic carbocycles. The highest BCUT2D eigenvalue weighted by Crippen LogP contribution is 2.29. The van der Waals surface area contributed by atoms with Gasteiger partial charge in [-0.3, -0.25) is 4.79 Å². The van der Waals surface area contributed by atoms with Gasteiger partial charge in [0.1, 0.15) is 11.6 Å². The molecule has 2 aromatic carbocycles. The summed E-state index contributed by atoms with van der Waals surface area (Å²) in [4.78, 5) is 11.5. The van der Waals surface area contributed by atoms with E-state index in [-0.39, 0.29) is 16.9 Å². The zero-order valence-corrected chi connectivity index (χ0v) is 10.8. The molecule has 0 atom stereocenters. The number of aryl methyl sites for hydroxylation is 1. The van der Waals surface area contributed by atoms with Crippen LogP contribution in [0.2, 0.25) is 0 Å². The molecule has 19 heavy (non-hydrogen) atoms. The van der Waals surface area contributed by atoms with E-state index in [9.17, 15) is 13.6 Å². The highest BCUT2D eigenvalue weighted by atomic mass is 19.1. The highest BCUT2D eigenvalue weighted by molar-refractivity contribution is 5.95. The number of ketones is 1. The van der Waals surface area contributed by atoms with Crippen LogP contribution < -0.4 is 0 Å². The highest BCUT2D eigenvalue weighted by Gasteiger charge is 2.15. The number of Topliss-reactive ketones (excluding diaryl/α,β-unsaturated/α-hetero) is 1. The van der Waals surface area contributed by atoms with E-state index in [4.69, 9.17) is 0 Å². The summed E-state index contributed by atoms with van der Waals surface area (Å²) in [5.41, 5.74) is 1.14. The van der Waals surface area contributed by atoms with Crippen molar-refractivity contribution in [3.8, 4) is 11.1 Å². The first-order chi connectivity index (χ1) is 9.04. The van der Waals surface area contributed by atoms with Crippen molar-refractivity contribution >= 4 is 5.78 Å². The largest absolute Gasteiger partial charge is 0.295 e. The van der Waals surface area contributed by atoms with Gasteiger partial charge in [0, 0.05) is 16.7 Å². The molecule has 0 radical (unpaired) electrons. The third-order valence-corrected chi connectivity index (χ3v) is 3.10. The monoisotopic (exact) mass is 260 g/mol. The van der Waals surface area contributed by atoms with Crippen molar-refractivity contribution in [3.63, 3.8) is 0 Å². The molecule has 2 rings (SSSR count). The van der Waals surface area contributed by atoms with Crippen LogP contribution in [0.5, 0.6) is 0 Å². The van der Waals surface area contributed by atoms with E-state index in [1.54, 1.807) is 19.1 Å². The first-order valence-electron chi connectivity index (χ1n) is 6.12. The molecule has 0 aliphatic heterocycles. The lowest BCUT2D eigenvalue weighted by atomic mass is 9.96. The lowest BCUT2D eigenvalue weighted by molar-refractivity contribution is 0.101. The summed E-state index contributed by atoms with van der Waals surface area (Å²) in [7, 11) is 0. The minimum Gasteiger partial charge on any atom is -0.295 e. The molecule has 2 aromatic rings. The molecule has 0 unspecified atom stereocenters. The molecular weight excluding hydrogens is 246 g/mol. The van der Waals surface area contributed by atoms with Crippen LogP contribution in [0.1, 0.15) is 29.8 Å². The maximum atomic E-state index is 14.3. The van der Waals surface area contributed by atoms with Gasteiger partial charge in [0.2, 0.25) is 0 Å². The molecule has 0 spiro atoms. The molecule has 0 N–H and O–H groups in total. The number of carbonyl (C=O) groups excluding carboxylic acids is 1. The van der Waals surface area contributed by atoms with Crippen molar-refractivity contribution in [2.75, 3.05) is 0 Å². The molecule has 0 saturated heterocycles. The van der Waals surface area contributed by atoms with Crippen LogP contribution >= 0.6 is 0 Å². The summed E-state index contributed by atoms with van der Waals surface area (Å²) >= 11 is 0. The molecule has 3 heteroatoms. The molecule has 0 aromatic heterocycles. The number of hydrogen-bond acceptors (Lipinski definition) is 1. The van der Waals surface area contributed by atoms with Gasteiger partial charge in [-0.15, -0.1) is 0 Å². The van der Waals surface area contributed by atoms with Crippen LogP contribution in [0.3, 0.4) is 0 Å².